The molecule has 2 aromatic carbocycles. The van der Waals surface area contributed by atoms with Gasteiger partial charge in [-0.2, -0.15) is 0 Å². The van der Waals surface area contributed by atoms with E-state index in [1.807, 2.05) is 30.3 Å². The second-order valence-corrected chi connectivity index (χ2v) is 6.75. The lowest BCUT2D eigenvalue weighted by Gasteiger charge is -2.13. The van der Waals surface area contributed by atoms with Crippen molar-refractivity contribution in [2.24, 2.45) is 0 Å². The zero-order valence-electron chi connectivity index (χ0n) is 14.4. The maximum absolute atomic E-state index is 10.5. The Morgan fingerprint density at radius 2 is 1.81 bits per heavy atom. The molecule has 0 fully saturated rings. The summed E-state index contributed by atoms with van der Waals surface area (Å²) in [5.74, 6) is -0.788. The molecule has 0 aliphatic carbocycles. The van der Waals surface area contributed by atoms with Crippen molar-refractivity contribution in [1.29, 1.82) is 0 Å². The number of ether oxygens (including phenoxy) is 1. The van der Waals surface area contributed by atoms with Gasteiger partial charge in [0.1, 0.15) is 6.61 Å². The van der Waals surface area contributed by atoms with E-state index < -0.39 is 24.6 Å². The first-order valence-electron chi connectivity index (χ1n) is 8.27. The summed E-state index contributed by atoms with van der Waals surface area (Å²) in [5, 5.41) is 28.8. The van der Waals surface area contributed by atoms with E-state index in [2.05, 4.69) is 0 Å². The third kappa shape index (κ3) is 6.88. The topological polar surface area (TPSA) is 87.0 Å². The lowest BCUT2D eigenvalue weighted by Crippen LogP contribution is -2.19. The van der Waals surface area contributed by atoms with Gasteiger partial charge in [0.25, 0.3) is 0 Å². The molecule has 0 aliphatic rings. The fourth-order valence-electron chi connectivity index (χ4n) is 2.40. The molecule has 2 unspecified atom stereocenters. The summed E-state index contributed by atoms with van der Waals surface area (Å²) in [6.45, 7) is 0.303. The van der Waals surface area contributed by atoms with E-state index >= 15 is 0 Å². The van der Waals surface area contributed by atoms with Crippen LogP contribution in [-0.4, -0.2) is 33.5 Å². The SMILES string of the molecule is O=C(O)CC(O)CC(O)C=Cc1ccc(Cl)c(OCc2ccccc2)c1Cl. The number of carbonyl (C=O) groups is 1. The highest BCUT2D eigenvalue weighted by molar-refractivity contribution is 6.38. The number of aliphatic carboxylic acids is 1. The van der Waals surface area contributed by atoms with Gasteiger partial charge in [-0.15, -0.1) is 0 Å². The maximum atomic E-state index is 10.5. The van der Waals surface area contributed by atoms with Gasteiger partial charge < -0.3 is 20.1 Å². The van der Waals surface area contributed by atoms with Gasteiger partial charge in [0.15, 0.2) is 5.75 Å². The zero-order valence-corrected chi connectivity index (χ0v) is 15.9. The van der Waals surface area contributed by atoms with Crippen LogP contribution in [0.3, 0.4) is 0 Å². The van der Waals surface area contributed by atoms with E-state index in [0.717, 1.165) is 5.56 Å². The summed E-state index contributed by atoms with van der Waals surface area (Å²) in [6, 6.07) is 12.9. The second-order valence-electron chi connectivity index (χ2n) is 5.97. The minimum Gasteiger partial charge on any atom is -0.486 e. The largest absolute Gasteiger partial charge is 0.486 e. The smallest absolute Gasteiger partial charge is 0.305 e. The van der Waals surface area contributed by atoms with Crippen LogP contribution in [-0.2, 0) is 11.4 Å². The molecule has 0 amide bonds. The van der Waals surface area contributed by atoms with E-state index in [1.165, 1.54) is 6.08 Å². The summed E-state index contributed by atoms with van der Waals surface area (Å²) >= 11 is 12.5. The van der Waals surface area contributed by atoms with Crippen molar-refractivity contribution in [3.05, 3.63) is 69.7 Å². The monoisotopic (exact) mass is 410 g/mol. The molecule has 7 heteroatoms. The summed E-state index contributed by atoms with van der Waals surface area (Å²) in [5.41, 5.74) is 1.55. The van der Waals surface area contributed by atoms with Gasteiger partial charge in [-0.3, -0.25) is 4.79 Å². The molecule has 2 rings (SSSR count). The van der Waals surface area contributed by atoms with E-state index in [0.29, 0.717) is 28.0 Å². The number of carboxylic acids is 1. The van der Waals surface area contributed by atoms with Crippen LogP contribution in [0.4, 0.5) is 0 Å². The number of carboxylic acid groups (broad SMARTS) is 1. The van der Waals surface area contributed by atoms with Gasteiger partial charge >= 0.3 is 5.97 Å². The molecule has 27 heavy (non-hydrogen) atoms. The molecule has 0 spiro atoms. The molecule has 5 nitrogen and oxygen atoms in total. The van der Waals surface area contributed by atoms with E-state index in [1.54, 1.807) is 18.2 Å². The minimum atomic E-state index is -1.13. The summed E-state index contributed by atoms with van der Waals surface area (Å²) in [6.07, 6.45) is 0.343. The molecule has 144 valence electrons. The van der Waals surface area contributed by atoms with E-state index in [4.69, 9.17) is 33.0 Å². The van der Waals surface area contributed by atoms with Crippen molar-refractivity contribution in [2.45, 2.75) is 31.7 Å². The highest BCUT2D eigenvalue weighted by atomic mass is 35.5. The average molecular weight is 411 g/mol. The first-order valence-corrected chi connectivity index (χ1v) is 9.03. The van der Waals surface area contributed by atoms with Crippen molar-refractivity contribution in [2.75, 3.05) is 0 Å². The Morgan fingerprint density at radius 3 is 2.48 bits per heavy atom. The van der Waals surface area contributed by atoms with Crippen molar-refractivity contribution in [1.82, 2.24) is 0 Å². The van der Waals surface area contributed by atoms with Crippen molar-refractivity contribution < 1.29 is 24.9 Å². The summed E-state index contributed by atoms with van der Waals surface area (Å²) in [4.78, 5) is 10.5. The average Bonchev–Trinajstić information content (AvgIpc) is 2.61. The van der Waals surface area contributed by atoms with Gasteiger partial charge in [0.2, 0.25) is 0 Å². The molecule has 0 saturated heterocycles. The molecule has 0 saturated carbocycles. The molecule has 2 aromatic rings. The van der Waals surface area contributed by atoms with Crippen LogP contribution in [0.15, 0.2) is 48.5 Å². The molecule has 0 aromatic heterocycles. The lowest BCUT2D eigenvalue weighted by atomic mass is 10.1. The van der Waals surface area contributed by atoms with Crippen LogP contribution in [0.2, 0.25) is 10.0 Å². The maximum Gasteiger partial charge on any atom is 0.305 e. The minimum absolute atomic E-state index is 0.0919. The molecule has 0 radical (unpaired) electrons. The number of hydrogen-bond donors (Lipinski definition) is 3. The standard InChI is InChI=1S/C20H20Cl2O5/c21-17-9-7-14(6-8-15(23)10-16(24)11-18(25)26)19(22)20(17)27-12-13-4-2-1-3-5-13/h1-9,15-16,23-24H,10-12H2,(H,25,26). The number of rotatable bonds is 9. The molecule has 2 atom stereocenters. The Labute approximate surface area is 167 Å². The predicted octanol–water partition coefficient (Wildman–Crippen LogP) is 4.17. The lowest BCUT2D eigenvalue weighted by molar-refractivity contribution is -0.139. The number of hydrogen-bond acceptors (Lipinski definition) is 4. The van der Waals surface area contributed by atoms with Gasteiger partial charge in [0, 0.05) is 6.42 Å². The van der Waals surface area contributed by atoms with Gasteiger partial charge in [-0.05, 0) is 17.2 Å². The fraction of sp³-hybridized carbons (Fsp3) is 0.250. The quantitative estimate of drug-likeness (QED) is 0.577. The third-order valence-electron chi connectivity index (χ3n) is 3.73. The van der Waals surface area contributed by atoms with Crippen molar-refractivity contribution in [3.63, 3.8) is 0 Å². The number of halogens is 2. The molecule has 0 heterocycles. The predicted molar refractivity (Wildman–Crippen MR) is 105 cm³/mol. The normalized spacial score (nSPS) is 13.5. The first kappa shape index (κ1) is 21.3. The van der Waals surface area contributed by atoms with Crippen LogP contribution in [0.1, 0.15) is 24.0 Å². The molecular weight excluding hydrogens is 391 g/mol. The van der Waals surface area contributed by atoms with Crippen LogP contribution in [0, 0.1) is 0 Å². The number of aliphatic hydroxyl groups excluding tert-OH is 2. The Balaban J connectivity index is 2.06. The summed E-state index contributed by atoms with van der Waals surface area (Å²) in [7, 11) is 0. The third-order valence-corrected chi connectivity index (χ3v) is 4.41. The number of benzene rings is 2. The van der Waals surface area contributed by atoms with Crippen molar-refractivity contribution in [3.8, 4) is 5.75 Å². The second kappa shape index (κ2) is 10.3. The Hall–Kier alpha value is -2.05. The van der Waals surface area contributed by atoms with E-state index in [9.17, 15) is 15.0 Å². The fourth-order valence-corrected chi connectivity index (χ4v) is 2.94. The van der Waals surface area contributed by atoms with Crippen LogP contribution < -0.4 is 4.74 Å². The highest BCUT2D eigenvalue weighted by Gasteiger charge is 2.14. The van der Waals surface area contributed by atoms with E-state index in [-0.39, 0.29) is 6.42 Å². The highest BCUT2D eigenvalue weighted by Crippen LogP contribution is 2.36. The van der Waals surface area contributed by atoms with Crippen LogP contribution in [0.25, 0.3) is 6.08 Å². The molecule has 0 bridgehead atoms. The van der Waals surface area contributed by atoms with Gasteiger partial charge in [0.05, 0.1) is 28.7 Å². The Bertz CT molecular complexity index is 792. The molecular formula is C20H20Cl2O5. The zero-order chi connectivity index (χ0) is 19.8. The number of aliphatic hydroxyl groups is 2. The van der Waals surface area contributed by atoms with Gasteiger partial charge in [-0.1, -0.05) is 71.8 Å². The van der Waals surface area contributed by atoms with Crippen LogP contribution in [0.5, 0.6) is 5.75 Å². The Kier molecular flexibility index (Phi) is 8.13. The van der Waals surface area contributed by atoms with Crippen LogP contribution >= 0.6 is 23.2 Å². The first-order chi connectivity index (χ1) is 12.9. The van der Waals surface area contributed by atoms with Crippen molar-refractivity contribution >= 4 is 35.2 Å². The summed E-state index contributed by atoms with van der Waals surface area (Å²) < 4.78 is 5.74. The molecule has 0 aliphatic heterocycles. The van der Waals surface area contributed by atoms with Gasteiger partial charge in [-0.25, -0.2) is 0 Å². The Morgan fingerprint density at radius 1 is 1.11 bits per heavy atom. The molecule has 3 N–H and O–H groups in total.